The first-order valence-electron chi connectivity index (χ1n) is 6.71. The van der Waals surface area contributed by atoms with E-state index >= 15 is 0 Å². The summed E-state index contributed by atoms with van der Waals surface area (Å²) in [5, 5.41) is 4.92. The fourth-order valence-electron chi connectivity index (χ4n) is 1.75. The number of halogens is 3. The summed E-state index contributed by atoms with van der Waals surface area (Å²) in [7, 11) is 0. The number of hydrogen-bond acceptors (Lipinski definition) is 2. The zero-order valence-electron chi connectivity index (χ0n) is 12.8. The van der Waals surface area contributed by atoms with Crippen molar-refractivity contribution < 1.29 is 22.8 Å². The largest absolute Gasteiger partial charge is 0.417 e. The van der Waals surface area contributed by atoms with Crippen molar-refractivity contribution in [1.82, 2.24) is 10.6 Å². The fraction of sp³-hybridized carbons (Fsp3) is 0.467. The summed E-state index contributed by atoms with van der Waals surface area (Å²) in [4.78, 5) is 23.9. The molecule has 0 saturated heterocycles. The Balaban J connectivity index is 2.89. The molecule has 1 rings (SSSR count). The van der Waals surface area contributed by atoms with E-state index in [0.29, 0.717) is 0 Å². The number of benzene rings is 1. The van der Waals surface area contributed by atoms with Gasteiger partial charge >= 0.3 is 6.18 Å². The number of amides is 2. The smallest absolute Gasteiger partial charge is 0.350 e. The molecule has 0 bridgehead atoms. The Morgan fingerprint density at radius 3 is 2.14 bits per heavy atom. The molecular weight excluding hydrogens is 297 g/mol. The third-order valence-corrected chi connectivity index (χ3v) is 2.72. The molecule has 1 atom stereocenters. The lowest BCUT2D eigenvalue weighted by Crippen LogP contribution is -2.51. The van der Waals surface area contributed by atoms with Crippen LogP contribution in [-0.2, 0) is 11.0 Å². The van der Waals surface area contributed by atoms with Crippen LogP contribution in [0.15, 0.2) is 24.3 Å². The molecule has 1 aromatic carbocycles. The van der Waals surface area contributed by atoms with Gasteiger partial charge in [0.15, 0.2) is 0 Å². The SMILES string of the molecule is C[C@@H](NC(=O)c1ccccc1C(F)(F)F)C(=O)NC(C)(C)C. The lowest BCUT2D eigenvalue weighted by atomic mass is 10.1. The van der Waals surface area contributed by atoms with Crippen LogP contribution < -0.4 is 10.6 Å². The highest BCUT2D eigenvalue weighted by Gasteiger charge is 2.35. The van der Waals surface area contributed by atoms with Crippen molar-refractivity contribution in [2.75, 3.05) is 0 Å². The number of rotatable bonds is 3. The Morgan fingerprint density at radius 2 is 1.64 bits per heavy atom. The lowest BCUT2D eigenvalue weighted by molar-refractivity contribution is -0.137. The molecule has 0 heterocycles. The molecule has 2 amide bonds. The molecule has 0 fully saturated rings. The van der Waals surface area contributed by atoms with Gasteiger partial charge in [0.25, 0.3) is 5.91 Å². The van der Waals surface area contributed by atoms with Gasteiger partial charge in [-0.05, 0) is 39.8 Å². The van der Waals surface area contributed by atoms with Crippen LogP contribution in [0.2, 0.25) is 0 Å². The summed E-state index contributed by atoms with van der Waals surface area (Å²) in [6.07, 6.45) is -4.63. The molecule has 4 nitrogen and oxygen atoms in total. The third kappa shape index (κ3) is 5.05. The van der Waals surface area contributed by atoms with E-state index in [9.17, 15) is 22.8 Å². The maximum atomic E-state index is 12.9. The highest BCUT2D eigenvalue weighted by molar-refractivity contribution is 5.98. The van der Waals surface area contributed by atoms with E-state index in [4.69, 9.17) is 0 Å². The molecule has 7 heteroatoms. The van der Waals surface area contributed by atoms with Crippen molar-refractivity contribution in [2.24, 2.45) is 0 Å². The quantitative estimate of drug-likeness (QED) is 0.901. The maximum absolute atomic E-state index is 12.9. The molecule has 0 aliphatic rings. The zero-order chi connectivity index (χ0) is 17.1. The zero-order valence-corrected chi connectivity index (χ0v) is 12.8. The minimum Gasteiger partial charge on any atom is -0.350 e. The summed E-state index contributed by atoms with van der Waals surface area (Å²) in [5.41, 5.74) is -2.04. The van der Waals surface area contributed by atoms with Crippen LogP contribution in [0, 0.1) is 0 Å². The van der Waals surface area contributed by atoms with E-state index in [1.165, 1.54) is 19.1 Å². The Labute approximate surface area is 127 Å². The van der Waals surface area contributed by atoms with Gasteiger partial charge in [-0.15, -0.1) is 0 Å². The fourth-order valence-corrected chi connectivity index (χ4v) is 1.75. The highest BCUT2D eigenvalue weighted by atomic mass is 19.4. The maximum Gasteiger partial charge on any atom is 0.417 e. The lowest BCUT2D eigenvalue weighted by Gasteiger charge is -2.24. The molecule has 0 aliphatic heterocycles. The van der Waals surface area contributed by atoms with E-state index in [1.54, 1.807) is 20.8 Å². The number of alkyl halides is 3. The number of carbonyl (C=O) groups is 2. The monoisotopic (exact) mass is 316 g/mol. The van der Waals surface area contributed by atoms with Crippen LogP contribution >= 0.6 is 0 Å². The number of nitrogens with one attached hydrogen (secondary N) is 2. The van der Waals surface area contributed by atoms with Crippen LogP contribution in [0.3, 0.4) is 0 Å². The first-order chi connectivity index (χ1) is 9.92. The summed E-state index contributed by atoms with van der Waals surface area (Å²) in [6.45, 7) is 6.70. The molecule has 0 aliphatic carbocycles. The normalized spacial score (nSPS) is 13.4. The summed E-state index contributed by atoms with van der Waals surface area (Å²) in [5.74, 6) is -1.41. The predicted octanol–water partition coefficient (Wildman–Crippen LogP) is 2.74. The molecule has 22 heavy (non-hydrogen) atoms. The van der Waals surface area contributed by atoms with Gasteiger partial charge in [0.2, 0.25) is 5.91 Å². The highest BCUT2D eigenvalue weighted by Crippen LogP contribution is 2.31. The summed E-state index contributed by atoms with van der Waals surface area (Å²) < 4.78 is 38.6. The first kappa shape index (κ1) is 18.0. The van der Waals surface area contributed by atoms with Crippen LogP contribution in [0.4, 0.5) is 13.2 Å². The van der Waals surface area contributed by atoms with Crippen molar-refractivity contribution >= 4 is 11.8 Å². The minimum absolute atomic E-state index is 0.467. The van der Waals surface area contributed by atoms with Crippen molar-refractivity contribution in [1.29, 1.82) is 0 Å². The van der Waals surface area contributed by atoms with Crippen LogP contribution in [0.25, 0.3) is 0 Å². The minimum atomic E-state index is -4.63. The Bertz CT molecular complexity index is 563. The van der Waals surface area contributed by atoms with Gasteiger partial charge in [-0.25, -0.2) is 0 Å². The second kappa shape index (κ2) is 6.37. The molecule has 0 saturated carbocycles. The van der Waals surface area contributed by atoms with E-state index in [-0.39, 0.29) is 0 Å². The van der Waals surface area contributed by atoms with Crippen LogP contribution in [0.1, 0.15) is 43.6 Å². The standard InChI is InChI=1S/C15H19F3N2O2/c1-9(12(21)20-14(2,3)4)19-13(22)10-7-5-6-8-11(10)15(16,17)18/h5-9H,1-4H3,(H,19,22)(H,20,21)/t9-/m1/s1. The average Bonchev–Trinajstić information content (AvgIpc) is 2.35. The van der Waals surface area contributed by atoms with Gasteiger partial charge in [0.05, 0.1) is 11.1 Å². The van der Waals surface area contributed by atoms with Crippen LogP contribution in [-0.4, -0.2) is 23.4 Å². The second-order valence-corrected chi connectivity index (χ2v) is 5.98. The van der Waals surface area contributed by atoms with Gasteiger partial charge < -0.3 is 10.6 Å². The van der Waals surface area contributed by atoms with Gasteiger partial charge in [-0.3, -0.25) is 9.59 Å². The average molecular weight is 316 g/mol. The molecule has 0 radical (unpaired) electrons. The number of hydrogen-bond donors (Lipinski definition) is 2. The topological polar surface area (TPSA) is 58.2 Å². The van der Waals surface area contributed by atoms with Gasteiger partial charge in [-0.1, -0.05) is 12.1 Å². The molecule has 0 unspecified atom stereocenters. The Kier molecular flexibility index (Phi) is 5.22. The van der Waals surface area contributed by atoms with Gasteiger partial charge in [-0.2, -0.15) is 13.2 Å². The van der Waals surface area contributed by atoms with Gasteiger partial charge in [0.1, 0.15) is 6.04 Å². The second-order valence-electron chi connectivity index (χ2n) is 5.98. The van der Waals surface area contributed by atoms with E-state index in [1.807, 2.05) is 0 Å². The van der Waals surface area contributed by atoms with E-state index in [0.717, 1.165) is 12.1 Å². The first-order valence-corrected chi connectivity index (χ1v) is 6.71. The van der Waals surface area contributed by atoms with Crippen molar-refractivity contribution in [3.8, 4) is 0 Å². The molecule has 1 aromatic rings. The van der Waals surface area contributed by atoms with E-state index in [2.05, 4.69) is 10.6 Å². The van der Waals surface area contributed by atoms with Gasteiger partial charge in [0, 0.05) is 5.54 Å². The molecule has 122 valence electrons. The molecule has 0 spiro atoms. The van der Waals surface area contributed by atoms with E-state index < -0.39 is 40.7 Å². The molecule has 2 N–H and O–H groups in total. The predicted molar refractivity (Wildman–Crippen MR) is 76.3 cm³/mol. The van der Waals surface area contributed by atoms with Crippen LogP contribution in [0.5, 0.6) is 0 Å². The van der Waals surface area contributed by atoms with Crippen molar-refractivity contribution in [2.45, 2.75) is 45.5 Å². The van der Waals surface area contributed by atoms with Crippen molar-refractivity contribution in [3.63, 3.8) is 0 Å². The van der Waals surface area contributed by atoms with Crippen molar-refractivity contribution in [3.05, 3.63) is 35.4 Å². The molecule has 0 aromatic heterocycles. The Hall–Kier alpha value is -2.05. The Morgan fingerprint density at radius 1 is 1.09 bits per heavy atom. The number of carbonyl (C=O) groups excluding carboxylic acids is 2. The third-order valence-electron chi connectivity index (χ3n) is 2.72. The summed E-state index contributed by atoms with van der Waals surface area (Å²) in [6, 6.07) is 3.49. The summed E-state index contributed by atoms with van der Waals surface area (Å²) >= 11 is 0. The molecular formula is C15H19F3N2O2.